The minimum Gasteiger partial charge on any atom is -0.354 e. The molecule has 0 amide bonds. The molecule has 0 fully saturated rings. The van der Waals surface area contributed by atoms with E-state index in [9.17, 15) is 14.0 Å². The van der Waals surface area contributed by atoms with Gasteiger partial charge in [-0.2, -0.15) is 4.98 Å². The maximum atomic E-state index is 13.5. The van der Waals surface area contributed by atoms with Gasteiger partial charge in [-0.05, 0) is 42.3 Å². The molecular formula is C20H14Cl2FN5O2. The zero-order valence-electron chi connectivity index (χ0n) is 15.3. The third kappa shape index (κ3) is 4.05. The lowest BCUT2D eigenvalue weighted by atomic mass is 10.1. The van der Waals surface area contributed by atoms with Crippen LogP contribution in [-0.4, -0.2) is 26.1 Å². The van der Waals surface area contributed by atoms with Gasteiger partial charge < -0.3 is 5.32 Å². The molecule has 7 nitrogen and oxygen atoms in total. The van der Waals surface area contributed by atoms with E-state index in [1.54, 1.807) is 12.1 Å². The molecule has 0 saturated heterocycles. The summed E-state index contributed by atoms with van der Waals surface area (Å²) < 4.78 is 14.3. The SMILES string of the molecule is O=c1[nH]c2nc(NCCc3ccc(Cl)c(Cl)c3)ncc2c(=O)n1-c1cccc(F)c1. The van der Waals surface area contributed by atoms with E-state index in [0.717, 1.165) is 16.2 Å². The Morgan fingerprint density at radius 3 is 2.70 bits per heavy atom. The molecule has 0 saturated carbocycles. The fraction of sp³-hybridized carbons (Fsp3) is 0.100. The number of hydrogen-bond acceptors (Lipinski definition) is 5. The molecule has 2 aromatic heterocycles. The van der Waals surface area contributed by atoms with Crippen LogP contribution in [0.25, 0.3) is 16.7 Å². The van der Waals surface area contributed by atoms with Crippen LogP contribution in [0.15, 0.2) is 58.3 Å². The number of H-pyrrole nitrogens is 1. The Morgan fingerprint density at radius 1 is 1.10 bits per heavy atom. The average molecular weight is 446 g/mol. The largest absolute Gasteiger partial charge is 0.354 e. The summed E-state index contributed by atoms with van der Waals surface area (Å²) in [6.45, 7) is 0.494. The fourth-order valence-electron chi connectivity index (χ4n) is 2.95. The quantitative estimate of drug-likeness (QED) is 0.489. The van der Waals surface area contributed by atoms with E-state index in [2.05, 4.69) is 20.3 Å². The number of rotatable bonds is 5. The van der Waals surface area contributed by atoms with Crippen LogP contribution in [0.4, 0.5) is 10.3 Å². The minimum absolute atomic E-state index is 0.0877. The van der Waals surface area contributed by atoms with E-state index >= 15 is 0 Å². The van der Waals surface area contributed by atoms with Crippen LogP contribution in [0.1, 0.15) is 5.56 Å². The van der Waals surface area contributed by atoms with Crippen LogP contribution in [0.3, 0.4) is 0 Å². The van der Waals surface area contributed by atoms with E-state index in [1.807, 2.05) is 6.07 Å². The summed E-state index contributed by atoms with van der Waals surface area (Å²) in [6, 6.07) is 10.6. The Balaban J connectivity index is 1.59. The van der Waals surface area contributed by atoms with Gasteiger partial charge >= 0.3 is 5.69 Å². The van der Waals surface area contributed by atoms with Crippen LogP contribution in [0.5, 0.6) is 0 Å². The normalized spacial score (nSPS) is 11.0. The van der Waals surface area contributed by atoms with Crippen LogP contribution in [-0.2, 0) is 6.42 Å². The standard InChI is InChI=1S/C20H14Cl2FN5O2/c21-15-5-4-11(8-16(15)22)6-7-24-19-25-10-14-17(26-19)27-20(30)28(18(14)29)13-3-1-2-12(23)9-13/h1-5,8-10H,6-7H2,(H2,24,25,26,27,30). The lowest BCUT2D eigenvalue weighted by molar-refractivity contribution is 0.626. The summed E-state index contributed by atoms with van der Waals surface area (Å²) in [6.07, 6.45) is 1.95. The Kier molecular flexibility index (Phi) is 5.52. The highest BCUT2D eigenvalue weighted by Gasteiger charge is 2.12. The Hall–Kier alpha value is -3.23. The number of anilines is 1. The molecule has 0 radical (unpaired) electrons. The molecule has 4 aromatic rings. The molecule has 2 aromatic carbocycles. The van der Waals surface area contributed by atoms with Gasteiger partial charge in [0, 0.05) is 12.7 Å². The zero-order chi connectivity index (χ0) is 21.3. The molecule has 2 N–H and O–H groups in total. The van der Waals surface area contributed by atoms with Crippen molar-refractivity contribution in [3.05, 3.63) is 90.9 Å². The Bertz CT molecular complexity index is 1370. The maximum absolute atomic E-state index is 13.5. The number of nitrogens with one attached hydrogen (secondary N) is 2. The molecule has 0 aliphatic carbocycles. The molecule has 10 heteroatoms. The lowest BCUT2D eigenvalue weighted by Crippen LogP contribution is -2.34. The van der Waals surface area contributed by atoms with Gasteiger partial charge in [0.25, 0.3) is 5.56 Å². The van der Waals surface area contributed by atoms with E-state index in [-0.39, 0.29) is 22.7 Å². The van der Waals surface area contributed by atoms with Crippen molar-refractivity contribution in [3.63, 3.8) is 0 Å². The van der Waals surface area contributed by atoms with Gasteiger partial charge in [0.05, 0.1) is 15.7 Å². The topological polar surface area (TPSA) is 92.7 Å². The van der Waals surface area contributed by atoms with Crippen LogP contribution >= 0.6 is 23.2 Å². The number of hydrogen-bond donors (Lipinski definition) is 2. The van der Waals surface area contributed by atoms with Gasteiger partial charge in [-0.1, -0.05) is 35.3 Å². The molecule has 0 atom stereocenters. The van der Waals surface area contributed by atoms with E-state index in [4.69, 9.17) is 23.2 Å². The van der Waals surface area contributed by atoms with Crippen molar-refractivity contribution in [2.24, 2.45) is 0 Å². The summed E-state index contributed by atoms with van der Waals surface area (Å²) in [5.41, 5.74) is -0.180. The predicted molar refractivity (Wildman–Crippen MR) is 114 cm³/mol. The lowest BCUT2D eigenvalue weighted by Gasteiger charge is -2.08. The molecule has 30 heavy (non-hydrogen) atoms. The molecule has 4 rings (SSSR count). The third-order valence-electron chi connectivity index (χ3n) is 4.40. The van der Waals surface area contributed by atoms with Crippen molar-refractivity contribution in [1.82, 2.24) is 19.5 Å². The van der Waals surface area contributed by atoms with Crippen LogP contribution in [0.2, 0.25) is 10.0 Å². The number of nitrogens with zero attached hydrogens (tertiary/aromatic N) is 3. The van der Waals surface area contributed by atoms with Gasteiger partial charge in [-0.3, -0.25) is 9.78 Å². The first kappa shape index (κ1) is 20.1. The molecule has 0 spiro atoms. The van der Waals surface area contributed by atoms with Gasteiger partial charge in [0.15, 0.2) is 5.65 Å². The molecule has 152 valence electrons. The molecule has 0 bridgehead atoms. The molecule has 0 unspecified atom stereocenters. The van der Waals surface area contributed by atoms with E-state index in [1.165, 1.54) is 24.4 Å². The first-order chi connectivity index (χ1) is 14.4. The fourth-order valence-corrected chi connectivity index (χ4v) is 3.27. The van der Waals surface area contributed by atoms with E-state index in [0.29, 0.717) is 23.0 Å². The number of fused-ring (bicyclic) bond motifs is 1. The highest BCUT2D eigenvalue weighted by Crippen LogP contribution is 2.22. The predicted octanol–water partition coefficient (Wildman–Crippen LogP) is 3.57. The maximum Gasteiger partial charge on any atom is 0.334 e. The van der Waals surface area contributed by atoms with Crippen molar-refractivity contribution in [3.8, 4) is 5.69 Å². The highest BCUT2D eigenvalue weighted by atomic mass is 35.5. The van der Waals surface area contributed by atoms with Crippen LogP contribution < -0.4 is 16.6 Å². The number of aromatic amines is 1. The average Bonchev–Trinajstić information content (AvgIpc) is 2.70. The Morgan fingerprint density at radius 2 is 1.93 bits per heavy atom. The third-order valence-corrected chi connectivity index (χ3v) is 5.14. The van der Waals surface area contributed by atoms with Crippen molar-refractivity contribution in [2.75, 3.05) is 11.9 Å². The summed E-state index contributed by atoms with van der Waals surface area (Å²) >= 11 is 11.9. The highest BCUT2D eigenvalue weighted by molar-refractivity contribution is 6.42. The Labute approximate surface area is 179 Å². The molecule has 0 aliphatic rings. The summed E-state index contributed by atoms with van der Waals surface area (Å²) in [5, 5.41) is 4.10. The number of benzene rings is 2. The van der Waals surface area contributed by atoms with Crippen molar-refractivity contribution in [1.29, 1.82) is 0 Å². The summed E-state index contributed by atoms with van der Waals surface area (Å²) in [4.78, 5) is 36.0. The van der Waals surface area contributed by atoms with Crippen LogP contribution in [0, 0.1) is 5.82 Å². The van der Waals surface area contributed by atoms with E-state index < -0.39 is 17.1 Å². The molecular weight excluding hydrogens is 432 g/mol. The van der Waals surface area contributed by atoms with Crippen molar-refractivity contribution in [2.45, 2.75) is 6.42 Å². The second-order valence-corrected chi connectivity index (χ2v) is 7.25. The smallest absolute Gasteiger partial charge is 0.334 e. The molecule has 0 aliphatic heterocycles. The summed E-state index contributed by atoms with van der Waals surface area (Å²) in [7, 11) is 0. The molecule has 2 heterocycles. The van der Waals surface area contributed by atoms with Crippen molar-refractivity contribution < 1.29 is 4.39 Å². The van der Waals surface area contributed by atoms with Gasteiger partial charge in [-0.15, -0.1) is 0 Å². The van der Waals surface area contributed by atoms with Gasteiger partial charge in [0.2, 0.25) is 5.95 Å². The number of halogens is 3. The van der Waals surface area contributed by atoms with Gasteiger partial charge in [0.1, 0.15) is 11.2 Å². The van der Waals surface area contributed by atoms with Crippen molar-refractivity contribution >= 4 is 40.2 Å². The first-order valence-electron chi connectivity index (χ1n) is 8.88. The monoisotopic (exact) mass is 445 g/mol. The minimum atomic E-state index is -0.724. The first-order valence-corrected chi connectivity index (χ1v) is 9.64. The second kappa shape index (κ2) is 8.25. The van der Waals surface area contributed by atoms with Gasteiger partial charge in [-0.25, -0.2) is 18.7 Å². The summed E-state index contributed by atoms with van der Waals surface area (Å²) in [5.74, 6) is -0.308. The zero-order valence-corrected chi connectivity index (χ0v) is 16.8. The second-order valence-electron chi connectivity index (χ2n) is 6.43. The number of aromatic nitrogens is 4.